The van der Waals surface area contributed by atoms with Gasteiger partial charge < -0.3 is 9.47 Å². The Morgan fingerprint density at radius 2 is 2.00 bits per heavy atom. The Balaban J connectivity index is 2.68. The Hall–Kier alpha value is -1.59. The van der Waals surface area contributed by atoms with Crippen molar-refractivity contribution in [3.63, 3.8) is 0 Å². The number of hydrogen-bond acceptors (Lipinski definition) is 5. The molecular weight excluding hydrogens is 262 g/mol. The van der Waals surface area contributed by atoms with E-state index in [1.54, 1.807) is 20.8 Å². The summed E-state index contributed by atoms with van der Waals surface area (Å²) >= 11 is 0. The van der Waals surface area contributed by atoms with E-state index < -0.39 is 29.6 Å². The molecule has 0 radical (unpaired) electrons. The molecular formula is C14H23NO5. The van der Waals surface area contributed by atoms with E-state index >= 15 is 0 Å². The molecule has 0 aromatic rings. The molecule has 20 heavy (non-hydrogen) atoms. The van der Waals surface area contributed by atoms with Crippen molar-refractivity contribution in [1.82, 2.24) is 4.90 Å². The standard InChI is InChI=1S/C14H23NO5/c1-5-6-9-19-12(17)10-7-8-11(16)15(10)13(18)20-14(2,3)4/h10H,5-9H2,1-4H3/t10-/m0/s1. The second-order valence-electron chi connectivity index (χ2n) is 5.82. The van der Waals surface area contributed by atoms with Crippen LogP contribution in [0.5, 0.6) is 0 Å². The van der Waals surface area contributed by atoms with Crippen molar-refractivity contribution in [2.45, 2.75) is 65.0 Å². The van der Waals surface area contributed by atoms with E-state index in [-0.39, 0.29) is 6.42 Å². The van der Waals surface area contributed by atoms with E-state index in [0.29, 0.717) is 13.0 Å². The van der Waals surface area contributed by atoms with Gasteiger partial charge in [-0.05, 0) is 33.6 Å². The highest BCUT2D eigenvalue weighted by molar-refractivity contribution is 5.99. The zero-order chi connectivity index (χ0) is 15.3. The molecule has 1 atom stereocenters. The molecule has 6 heteroatoms. The van der Waals surface area contributed by atoms with E-state index in [2.05, 4.69) is 0 Å². The van der Waals surface area contributed by atoms with Crippen LogP contribution in [-0.2, 0) is 19.1 Å². The fourth-order valence-electron chi connectivity index (χ4n) is 1.86. The van der Waals surface area contributed by atoms with Gasteiger partial charge in [-0.2, -0.15) is 0 Å². The molecule has 6 nitrogen and oxygen atoms in total. The number of ether oxygens (including phenoxy) is 2. The highest BCUT2D eigenvalue weighted by atomic mass is 16.6. The minimum absolute atomic E-state index is 0.160. The van der Waals surface area contributed by atoms with Gasteiger partial charge in [-0.1, -0.05) is 13.3 Å². The van der Waals surface area contributed by atoms with Crippen molar-refractivity contribution in [2.75, 3.05) is 6.61 Å². The normalized spacial score (nSPS) is 19.1. The third-order valence-corrected chi connectivity index (χ3v) is 2.82. The van der Waals surface area contributed by atoms with Crippen molar-refractivity contribution >= 4 is 18.0 Å². The van der Waals surface area contributed by atoms with Gasteiger partial charge in [0, 0.05) is 6.42 Å². The number of carbonyl (C=O) groups excluding carboxylic acids is 3. The van der Waals surface area contributed by atoms with Crippen LogP contribution in [0.2, 0.25) is 0 Å². The molecule has 1 rings (SSSR count). The van der Waals surface area contributed by atoms with Gasteiger partial charge >= 0.3 is 12.1 Å². The van der Waals surface area contributed by atoms with Gasteiger partial charge in [-0.3, -0.25) is 4.79 Å². The first-order valence-electron chi connectivity index (χ1n) is 6.98. The maximum Gasteiger partial charge on any atom is 0.417 e. The summed E-state index contributed by atoms with van der Waals surface area (Å²) < 4.78 is 10.2. The number of amides is 2. The Kier molecular flexibility index (Phi) is 5.53. The zero-order valence-corrected chi connectivity index (χ0v) is 12.6. The Bertz CT molecular complexity index is 386. The Labute approximate surface area is 119 Å². The average Bonchev–Trinajstić information content (AvgIpc) is 2.69. The Morgan fingerprint density at radius 1 is 1.35 bits per heavy atom. The number of rotatable bonds is 4. The van der Waals surface area contributed by atoms with Crippen LogP contribution in [0, 0.1) is 0 Å². The van der Waals surface area contributed by atoms with Gasteiger partial charge in [-0.15, -0.1) is 0 Å². The van der Waals surface area contributed by atoms with Crippen molar-refractivity contribution in [3.05, 3.63) is 0 Å². The fraction of sp³-hybridized carbons (Fsp3) is 0.786. The van der Waals surface area contributed by atoms with Crippen molar-refractivity contribution in [3.8, 4) is 0 Å². The largest absolute Gasteiger partial charge is 0.464 e. The molecule has 1 heterocycles. The molecule has 0 N–H and O–H groups in total. The topological polar surface area (TPSA) is 72.9 Å². The predicted octanol–water partition coefficient (Wildman–Crippen LogP) is 2.26. The smallest absolute Gasteiger partial charge is 0.417 e. The summed E-state index contributed by atoms with van der Waals surface area (Å²) in [5.41, 5.74) is -0.712. The van der Waals surface area contributed by atoms with E-state index in [0.717, 1.165) is 17.7 Å². The number of carbonyl (C=O) groups is 3. The Morgan fingerprint density at radius 3 is 2.55 bits per heavy atom. The second kappa shape index (κ2) is 6.72. The molecule has 0 unspecified atom stereocenters. The van der Waals surface area contributed by atoms with E-state index in [1.165, 1.54) is 0 Å². The van der Waals surface area contributed by atoms with Crippen LogP contribution < -0.4 is 0 Å². The van der Waals surface area contributed by atoms with Gasteiger partial charge in [0.25, 0.3) is 0 Å². The molecule has 114 valence electrons. The summed E-state index contributed by atoms with van der Waals surface area (Å²) in [7, 11) is 0. The maximum absolute atomic E-state index is 12.0. The van der Waals surface area contributed by atoms with E-state index in [4.69, 9.17) is 9.47 Å². The minimum Gasteiger partial charge on any atom is -0.464 e. The molecule has 2 amide bonds. The number of esters is 1. The first-order chi connectivity index (χ1) is 9.26. The lowest BCUT2D eigenvalue weighted by molar-refractivity contribution is -0.151. The molecule has 0 spiro atoms. The lowest BCUT2D eigenvalue weighted by Crippen LogP contribution is -2.46. The van der Waals surface area contributed by atoms with Crippen LogP contribution in [-0.4, -0.2) is 41.1 Å². The van der Waals surface area contributed by atoms with Crippen LogP contribution in [0.4, 0.5) is 4.79 Å². The maximum atomic E-state index is 12.0. The van der Waals surface area contributed by atoms with Crippen molar-refractivity contribution in [1.29, 1.82) is 0 Å². The number of likely N-dealkylation sites (tertiary alicyclic amines) is 1. The van der Waals surface area contributed by atoms with Crippen molar-refractivity contribution in [2.24, 2.45) is 0 Å². The fourth-order valence-corrected chi connectivity index (χ4v) is 1.86. The van der Waals surface area contributed by atoms with Gasteiger partial charge in [-0.25, -0.2) is 14.5 Å². The van der Waals surface area contributed by atoms with Crippen LogP contribution in [0.15, 0.2) is 0 Å². The third kappa shape index (κ3) is 4.51. The number of hydrogen-bond donors (Lipinski definition) is 0. The number of nitrogens with zero attached hydrogens (tertiary/aromatic N) is 1. The minimum atomic E-state index is -0.853. The quantitative estimate of drug-likeness (QED) is 0.585. The van der Waals surface area contributed by atoms with E-state index in [1.807, 2.05) is 6.92 Å². The molecule has 0 bridgehead atoms. The molecule has 0 aromatic heterocycles. The lowest BCUT2D eigenvalue weighted by atomic mass is 10.2. The van der Waals surface area contributed by atoms with E-state index in [9.17, 15) is 14.4 Å². The summed E-state index contributed by atoms with van der Waals surface area (Å²) in [6, 6.07) is -0.853. The number of unbranched alkanes of at least 4 members (excludes halogenated alkanes) is 1. The predicted molar refractivity (Wildman–Crippen MR) is 72.0 cm³/mol. The van der Waals surface area contributed by atoms with Gasteiger partial charge in [0.15, 0.2) is 0 Å². The van der Waals surface area contributed by atoms with Crippen LogP contribution in [0.25, 0.3) is 0 Å². The first kappa shape index (κ1) is 16.5. The molecule has 0 aromatic carbocycles. The molecule has 0 saturated carbocycles. The summed E-state index contributed by atoms with van der Waals surface area (Å²) in [5, 5.41) is 0. The lowest BCUT2D eigenvalue weighted by Gasteiger charge is -2.26. The van der Waals surface area contributed by atoms with Gasteiger partial charge in [0.05, 0.1) is 6.61 Å². The highest BCUT2D eigenvalue weighted by Gasteiger charge is 2.43. The SMILES string of the molecule is CCCCOC(=O)[C@@H]1CCC(=O)N1C(=O)OC(C)(C)C. The monoisotopic (exact) mass is 285 g/mol. The molecule has 1 aliphatic rings. The summed E-state index contributed by atoms with van der Waals surface area (Å²) in [5.74, 6) is -0.924. The second-order valence-corrected chi connectivity index (χ2v) is 5.82. The van der Waals surface area contributed by atoms with Crippen LogP contribution in [0.3, 0.4) is 0 Å². The van der Waals surface area contributed by atoms with Crippen molar-refractivity contribution < 1.29 is 23.9 Å². The summed E-state index contributed by atoms with van der Waals surface area (Å²) in [6.07, 6.45) is 1.35. The average molecular weight is 285 g/mol. The van der Waals surface area contributed by atoms with Gasteiger partial charge in [0.1, 0.15) is 11.6 Å². The van der Waals surface area contributed by atoms with Crippen LogP contribution >= 0.6 is 0 Å². The number of imide groups is 1. The third-order valence-electron chi connectivity index (χ3n) is 2.82. The first-order valence-corrected chi connectivity index (χ1v) is 6.98. The molecule has 1 saturated heterocycles. The molecule has 0 aliphatic carbocycles. The highest BCUT2D eigenvalue weighted by Crippen LogP contribution is 2.23. The molecule has 1 fully saturated rings. The van der Waals surface area contributed by atoms with Crippen LogP contribution in [0.1, 0.15) is 53.4 Å². The summed E-state index contributed by atoms with van der Waals surface area (Å²) in [4.78, 5) is 36.6. The zero-order valence-electron chi connectivity index (χ0n) is 12.6. The molecule has 1 aliphatic heterocycles. The summed E-state index contributed by atoms with van der Waals surface area (Å²) in [6.45, 7) is 7.42. The van der Waals surface area contributed by atoms with Gasteiger partial charge in [0.2, 0.25) is 5.91 Å².